The van der Waals surface area contributed by atoms with Gasteiger partial charge in [0.05, 0.1) is 5.69 Å². The summed E-state index contributed by atoms with van der Waals surface area (Å²) < 4.78 is 0. The number of nitrogens with zero attached hydrogens (tertiary/aromatic N) is 3. The van der Waals surface area contributed by atoms with Crippen molar-refractivity contribution in [2.24, 2.45) is 5.10 Å². The van der Waals surface area contributed by atoms with Crippen molar-refractivity contribution in [1.29, 1.82) is 0 Å². The molecule has 6 heteroatoms. The highest BCUT2D eigenvalue weighted by atomic mass is 16.2. The van der Waals surface area contributed by atoms with Crippen LogP contribution in [0.15, 0.2) is 29.4 Å². The maximum absolute atomic E-state index is 12.7. The standard InChI is InChI=1S/C18H24N4O2/c1-13-9-11-22(20-13)17-7-5-15(6-8-17)18(24)21-10-3-4-16(12-21)19-14(2)23/h5-8,16H,3-4,9-12H2,1-2H3,(H,19,23). The molecule has 1 N–H and O–H groups in total. The average Bonchev–Trinajstić information content (AvgIpc) is 3.00. The first-order chi connectivity index (χ1) is 11.5. The molecule has 1 unspecified atom stereocenters. The van der Waals surface area contributed by atoms with Gasteiger partial charge in [0.1, 0.15) is 0 Å². The molecule has 0 spiro atoms. The molecule has 1 aromatic rings. The van der Waals surface area contributed by atoms with Gasteiger partial charge in [0.25, 0.3) is 5.91 Å². The van der Waals surface area contributed by atoms with E-state index in [-0.39, 0.29) is 17.9 Å². The van der Waals surface area contributed by atoms with Crippen LogP contribution in [0.2, 0.25) is 0 Å². The van der Waals surface area contributed by atoms with E-state index in [1.165, 1.54) is 6.92 Å². The summed E-state index contributed by atoms with van der Waals surface area (Å²) in [6.07, 6.45) is 2.82. The summed E-state index contributed by atoms with van der Waals surface area (Å²) in [7, 11) is 0. The number of benzene rings is 1. The van der Waals surface area contributed by atoms with E-state index in [0.717, 1.165) is 43.8 Å². The van der Waals surface area contributed by atoms with Crippen LogP contribution in [0.4, 0.5) is 5.69 Å². The van der Waals surface area contributed by atoms with Gasteiger partial charge in [-0.1, -0.05) is 0 Å². The van der Waals surface area contributed by atoms with Crippen molar-refractivity contribution < 1.29 is 9.59 Å². The molecule has 2 aliphatic rings. The predicted octanol–water partition coefficient (Wildman–Crippen LogP) is 2.01. The number of anilines is 1. The number of likely N-dealkylation sites (tertiary alicyclic amines) is 1. The first-order valence-electron chi connectivity index (χ1n) is 8.51. The third-order valence-corrected chi connectivity index (χ3v) is 4.51. The summed E-state index contributed by atoms with van der Waals surface area (Å²) >= 11 is 0. The maximum atomic E-state index is 12.7. The lowest BCUT2D eigenvalue weighted by Gasteiger charge is -2.33. The van der Waals surface area contributed by atoms with E-state index >= 15 is 0 Å². The zero-order valence-electron chi connectivity index (χ0n) is 14.3. The van der Waals surface area contributed by atoms with Crippen LogP contribution in [0.25, 0.3) is 0 Å². The fraction of sp³-hybridized carbons (Fsp3) is 0.500. The number of hydrogen-bond acceptors (Lipinski definition) is 4. The van der Waals surface area contributed by atoms with Crippen LogP contribution in [0.3, 0.4) is 0 Å². The van der Waals surface area contributed by atoms with Crippen molar-refractivity contribution in [3.05, 3.63) is 29.8 Å². The van der Waals surface area contributed by atoms with Gasteiger partial charge in [-0.3, -0.25) is 14.6 Å². The van der Waals surface area contributed by atoms with Crippen molar-refractivity contribution in [3.8, 4) is 0 Å². The number of nitrogens with one attached hydrogen (secondary N) is 1. The van der Waals surface area contributed by atoms with Crippen LogP contribution in [0.5, 0.6) is 0 Å². The van der Waals surface area contributed by atoms with Crippen molar-refractivity contribution in [3.63, 3.8) is 0 Å². The van der Waals surface area contributed by atoms with Crippen LogP contribution < -0.4 is 10.3 Å². The Morgan fingerprint density at radius 1 is 1.21 bits per heavy atom. The summed E-state index contributed by atoms with van der Waals surface area (Å²) in [6.45, 7) is 5.76. The Kier molecular flexibility index (Phi) is 4.83. The molecular formula is C18H24N4O2. The molecule has 3 rings (SSSR count). The van der Waals surface area contributed by atoms with E-state index in [1.54, 1.807) is 0 Å². The number of piperidine rings is 1. The molecule has 2 aliphatic heterocycles. The van der Waals surface area contributed by atoms with Gasteiger partial charge in [0.15, 0.2) is 0 Å². The molecule has 1 saturated heterocycles. The summed E-state index contributed by atoms with van der Waals surface area (Å²) in [5.41, 5.74) is 2.83. The summed E-state index contributed by atoms with van der Waals surface area (Å²) in [5.74, 6) is -0.0159. The number of hydrogen-bond donors (Lipinski definition) is 1. The van der Waals surface area contributed by atoms with E-state index in [9.17, 15) is 9.59 Å². The third-order valence-electron chi connectivity index (χ3n) is 4.51. The molecule has 0 radical (unpaired) electrons. The van der Waals surface area contributed by atoms with Crippen LogP contribution in [-0.4, -0.2) is 48.1 Å². The molecule has 1 atom stereocenters. The molecule has 6 nitrogen and oxygen atoms in total. The minimum Gasteiger partial charge on any atom is -0.352 e. The van der Waals surface area contributed by atoms with Gasteiger partial charge in [-0.05, 0) is 44.0 Å². The van der Waals surface area contributed by atoms with Gasteiger partial charge < -0.3 is 10.2 Å². The van der Waals surface area contributed by atoms with Crippen molar-refractivity contribution in [2.75, 3.05) is 24.6 Å². The molecule has 0 aliphatic carbocycles. The van der Waals surface area contributed by atoms with Crippen molar-refractivity contribution in [1.82, 2.24) is 10.2 Å². The lowest BCUT2D eigenvalue weighted by molar-refractivity contribution is -0.120. The number of carbonyl (C=O) groups excluding carboxylic acids is 2. The third kappa shape index (κ3) is 3.75. The number of amides is 2. The Balaban J connectivity index is 1.65. The average molecular weight is 328 g/mol. The van der Waals surface area contributed by atoms with Crippen LogP contribution in [0.1, 0.15) is 43.5 Å². The Bertz CT molecular complexity index is 653. The normalized spacial score (nSPS) is 20.8. The topological polar surface area (TPSA) is 65.0 Å². The SMILES string of the molecule is CC(=O)NC1CCCN(C(=O)c2ccc(N3CCC(C)=N3)cc2)C1. The van der Waals surface area contributed by atoms with Crippen molar-refractivity contribution >= 4 is 23.2 Å². The second-order valence-electron chi connectivity index (χ2n) is 6.55. The number of hydrazone groups is 1. The van der Waals surface area contributed by atoms with Crippen LogP contribution in [-0.2, 0) is 4.79 Å². The Morgan fingerprint density at radius 2 is 1.96 bits per heavy atom. The van der Waals surface area contributed by atoms with E-state index in [1.807, 2.05) is 41.1 Å². The highest BCUT2D eigenvalue weighted by molar-refractivity contribution is 5.95. The van der Waals surface area contributed by atoms with Crippen LogP contribution >= 0.6 is 0 Å². The lowest BCUT2D eigenvalue weighted by Crippen LogP contribution is -2.49. The monoisotopic (exact) mass is 328 g/mol. The highest BCUT2D eigenvalue weighted by Crippen LogP contribution is 2.21. The predicted molar refractivity (Wildman–Crippen MR) is 94.3 cm³/mol. The first kappa shape index (κ1) is 16.5. The first-order valence-corrected chi connectivity index (χ1v) is 8.51. The molecule has 2 heterocycles. The summed E-state index contributed by atoms with van der Waals surface area (Å²) in [4.78, 5) is 25.7. The second-order valence-corrected chi connectivity index (χ2v) is 6.55. The van der Waals surface area contributed by atoms with Gasteiger partial charge in [-0.15, -0.1) is 0 Å². The van der Waals surface area contributed by atoms with Gasteiger partial charge >= 0.3 is 0 Å². The summed E-state index contributed by atoms with van der Waals surface area (Å²) in [5, 5.41) is 9.36. The highest BCUT2D eigenvalue weighted by Gasteiger charge is 2.25. The molecule has 1 aromatic carbocycles. The quantitative estimate of drug-likeness (QED) is 0.923. The Hall–Kier alpha value is -2.37. The smallest absolute Gasteiger partial charge is 0.253 e. The zero-order valence-corrected chi connectivity index (χ0v) is 14.3. The molecule has 0 bridgehead atoms. The summed E-state index contributed by atoms with van der Waals surface area (Å²) in [6, 6.07) is 7.68. The van der Waals surface area contributed by atoms with Gasteiger partial charge in [-0.25, -0.2) is 0 Å². The molecule has 2 amide bonds. The molecule has 0 saturated carbocycles. The Labute approximate surface area is 142 Å². The minimum atomic E-state index is -0.0416. The zero-order chi connectivity index (χ0) is 17.1. The second kappa shape index (κ2) is 7.03. The number of carbonyl (C=O) groups is 2. The maximum Gasteiger partial charge on any atom is 0.253 e. The van der Waals surface area contributed by atoms with E-state index < -0.39 is 0 Å². The van der Waals surface area contributed by atoms with Gasteiger partial charge in [0.2, 0.25) is 5.91 Å². The van der Waals surface area contributed by atoms with E-state index in [0.29, 0.717) is 12.1 Å². The molecule has 128 valence electrons. The fourth-order valence-corrected chi connectivity index (χ4v) is 3.29. The molecular weight excluding hydrogens is 304 g/mol. The Morgan fingerprint density at radius 3 is 2.58 bits per heavy atom. The van der Waals surface area contributed by atoms with Gasteiger partial charge in [-0.2, -0.15) is 5.10 Å². The van der Waals surface area contributed by atoms with Crippen molar-refractivity contribution in [2.45, 2.75) is 39.2 Å². The fourth-order valence-electron chi connectivity index (χ4n) is 3.29. The number of rotatable bonds is 3. The largest absolute Gasteiger partial charge is 0.352 e. The van der Waals surface area contributed by atoms with E-state index in [4.69, 9.17) is 0 Å². The van der Waals surface area contributed by atoms with E-state index in [2.05, 4.69) is 10.4 Å². The molecule has 1 fully saturated rings. The lowest BCUT2D eigenvalue weighted by atomic mass is 10.0. The molecule has 24 heavy (non-hydrogen) atoms. The molecule has 0 aromatic heterocycles. The van der Waals surface area contributed by atoms with Gasteiger partial charge in [0, 0.05) is 50.3 Å². The minimum absolute atomic E-state index is 0.0257. The van der Waals surface area contributed by atoms with Crippen LogP contribution in [0, 0.1) is 0 Å².